The second kappa shape index (κ2) is 7.56. The van der Waals surface area contributed by atoms with E-state index in [9.17, 15) is 14.3 Å². The molecule has 1 amide bonds. The molecular formula is C17H18FNO3. The Morgan fingerprint density at radius 2 is 1.91 bits per heavy atom. The number of hydrogen-bond acceptors (Lipinski definition) is 3. The predicted octanol–water partition coefficient (Wildman–Crippen LogP) is 2.23. The van der Waals surface area contributed by atoms with Crippen molar-refractivity contribution in [3.05, 3.63) is 65.5 Å². The largest absolute Gasteiger partial charge is 0.497 e. The van der Waals surface area contributed by atoms with Crippen LogP contribution in [0.15, 0.2) is 48.5 Å². The Morgan fingerprint density at radius 1 is 1.23 bits per heavy atom. The van der Waals surface area contributed by atoms with E-state index in [1.54, 1.807) is 49.6 Å². The van der Waals surface area contributed by atoms with Gasteiger partial charge in [0, 0.05) is 6.54 Å². The number of halogens is 1. The Morgan fingerprint density at radius 3 is 2.55 bits per heavy atom. The Hall–Kier alpha value is -2.40. The van der Waals surface area contributed by atoms with E-state index >= 15 is 0 Å². The van der Waals surface area contributed by atoms with Crippen LogP contribution in [0.2, 0.25) is 0 Å². The number of carbonyl (C=O) groups is 1. The first-order valence-electron chi connectivity index (χ1n) is 6.92. The van der Waals surface area contributed by atoms with E-state index in [1.807, 2.05) is 0 Å². The molecule has 22 heavy (non-hydrogen) atoms. The van der Waals surface area contributed by atoms with Crippen LogP contribution in [-0.4, -0.2) is 24.7 Å². The summed E-state index contributed by atoms with van der Waals surface area (Å²) in [5, 5.41) is 12.6. The van der Waals surface area contributed by atoms with Crippen molar-refractivity contribution in [2.75, 3.05) is 13.7 Å². The summed E-state index contributed by atoms with van der Waals surface area (Å²) in [5.74, 6) is -0.0504. The number of aliphatic hydroxyl groups excluding tert-OH is 1. The molecule has 2 N–H and O–H groups in total. The molecular weight excluding hydrogens is 285 g/mol. The molecule has 0 aliphatic carbocycles. The third-order valence-electron chi connectivity index (χ3n) is 3.30. The molecule has 0 fully saturated rings. The quantitative estimate of drug-likeness (QED) is 0.860. The lowest BCUT2D eigenvalue weighted by Crippen LogP contribution is -2.29. The van der Waals surface area contributed by atoms with Crippen LogP contribution in [0, 0.1) is 5.82 Å². The highest BCUT2D eigenvalue weighted by Crippen LogP contribution is 2.17. The van der Waals surface area contributed by atoms with Crippen molar-refractivity contribution < 1.29 is 19.0 Å². The van der Waals surface area contributed by atoms with Gasteiger partial charge >= 0.3 is 0 Å². The normalized spacial score (nSPS) is 11.8. The van der Waals surface area contributed by atoms with Gasteiger partial charge in [-0.1, -0.05) is 30.3 Å². The Bertz CT molecular complexity index is 628. The van der Waals surface area contributed by atoms with Crippen molar-refractivity contribution in [3.8, 4) is 5.75 Å². The molecule has 116 valence electrons. The number of amides is 1. The minimum atomic E-state index is -0.824. The molecule has 2 aromatic carbocycles. The van der Waals surface area contributed by atoms with Gasteiger partial charge in [0.05, 0.1) is 19.6 Å². The summed E-state index contributed by atoms with van der Waals surface area (Å²) in [6, 6.07) is 13.1. The van der Waals surface area contributed by atoms with Gasteiger partial charge in [-0.25, -0.2) is 4.39 Å². The summed E-state index contributed by atoms with van der Waals surface area (Å²) in [4.78, 5) is 11.8. The second-order valence-electron chi connectivity index (χ2n) is 4.86. The minimum absolute atomic E-state index is 0.0536. The number of ether oxygens (including phenoxy) is 1. The number of carbonyl (C=O) groups excluding carboxylic acids is 1. The third-order valence-corrected chi connectivity index (χ3v) is 3.30. The highest BCUT2D eigenvalue weighted by atomic mass is 19.1. The lowest BCUT2D eigenvalue weighted by Gasteiger charge is -2.13. The lowest BCUT2D eigenvalue weighted by atomic mass is 10.1. The standard InChI is InChI=1S/C17H18FNO3/c1-22-14-8-6-12(7-9-14)16(20)11-19-17(21)10-13-4-2-3-5-15(13)18/h2-9,16,20H,10-11H2,1H3,(H,19,21). The SMILES string of the molecule is COc1ccc(C(O)CNC(=O)Cc2ccccc2F)cc1. The molecule has 0 spiro atoms. The first kappa shape index (κ1) is 16.0. The smallest absolute Gasteiger partial charge is 0.224 e. The van der Waals surface area contributed by atoms with E-state index in [0.29, 0.717) is 16.9 Å². The van der Waals surface area contributed by atoms with Crippen LogP contribution in [-0.2, 0) is 11.2 Å². The third kappa shape index (κ3) is 4.30. The Labute approximate surface area is 128 Å². The van der Waals surface area contributed by atoms with Crippen molar-refractivity contribution >= 4 is 5.91 Å². The van der Waals surface area contributed by atoms with E-state index in [0.717, 1.165) is 0 Å². The average molecular weight is 303 g/mol. The van der Waals surface area contributed by atoms with Gasteiger partial charge in [0.25, 0.3) is 0 Å². The first-order chi connectivity index (χ1) is 10.6. The van der Waals surface area contributed by atoms with Crippen molar-refractivity contribution in [3.63, 3.8) is 0 Å². The molecule has 0 aliphatic rings. The van der Waals surface area contributed by atoms with Crippen LogP contribution < -0.4 is 10.1 Å². The minimum Gasteiger partial charge on any atom is -0.497 e. The molecule has 0 saturated carbocycles. The van der Waals surface area contributed by atoms with E-state index in [4.69, 9.17) is 4.74 Å². The van der Waals surface area contributed by atoms with Crippen LogP contribution in [0.5, 0.6) is 5.75 Å². The van der Waals surface area contributed by atoms with E-state index in [1.165, 1.54) is 6.07 Å². The monoisotopic (exact) mass is 303 g/mol. The maximum absolute atomic E-state index is 13.4. The fourth-order valence-corrected chi connectivity index (χ4v) is 2.03. The number of hydrogen-bond donors (Lipinski definition) is 2. The van der Waals surface area contributed by atoms with E-state index < -0.39 is 11.9 Å². The van der Waals surface area contributed by atoms with Gasteiger partial charge in [-0.15, -0.1) is 0 Å². The van der Waals surface area contributed by atoms with Crippen molar-refractivity contribution in [2.24, 2.45) is 0 Å². The Kier molecular flexibility index (Phi) is 5.49. The van der Waals surface area contributed by atoms with Gasteiger partial charge in [-0.05, 0) is 29.3 Å². The molecule has 0 heterocycles. The highest BCUT2D eigenvalue weighted by Gasteiger charge is 2.11. The molecule has 0 radical (unpaired) electrons. The Balaban J connectivity index is 1.86. The molecule has 0 aromatic heterocycles. The fourth-order valence-electron chi connectivity index (χ4n) is 2.03. The summed E-state index contributed by atoms with van der Waals surface area (Å²) in [7, 11) is 1.56. The van der Waals surface area contributed by atoms with Gasteiger partial charge in [0.15, 0.2) is 0 Å². The van der Waals surface area contributed by atoms with Crippen LogP contribution in [0.25, 0.3) is 0 Å². The van der Waals surface area contributed by atoms with E-state index in [-0.39, 0.29) is 18.9 Å². The zero-order valence-electron chi connectivity index (χ0n) is 12.3. The van der Waals surface area contributed by atoms with Crippen LogP contribution in [0.1, 0.15) is 17.2 Å². The van der Waals surface area contributed by atoms with Gasteiger partial charge in [-0.3, -0.25) is 4.79 Å². The zero-order valence-corrected chi connectivity index (χ0v) is 12.3. The van der Waals surface area contributed by atoms with Gasteiger partial charge in [0.1, 0.15) is 11.6 Å². The summed E-state index contributed by atoms with van der Waals surface area (Å²) < 4.78 is 18.5. The molecule has 5 heteroatoms. The predicted molar refractivity (Wildman–Crippen MR) is 81.1 cm³/mol. The topological polar surface area (TPSA) is 58.6 Å². The first-order valence-corrected chi connectivity index (χ1v) is 6.92. The van der Waals surface area contributed by atoms with Crippen molar-refractivity contribution in [1.82, 2.24) is 5.32 Å². The number of benzene rings is 2. The molecule has 0 aliphatic heterocycles. The summed E-state index contributed by atoms with van der Waals surface area (Å²) in [5.41, 5.74) is 1.01. The molecule has 1 atom stereocenters. The maximum Gasteiger partial charge on any atom is 0.224 e. The molecule has 0 bridgehead atoms. The van der Waals surface area contributed by atoms with Gasteiger partial charge in [0.2, 0.25) is 5.91 Å². The number of nitrogens with one attached hydrogen (secondary N) is 1. The molecule has 1 unspecified atom stereocenters. The number of methoxy groups -OCH3 is 1. The van der Waals surface area contributed by atoms with Crippen LogP contribution in [0.4, 0.5) is 4.39 Å². The molecule has 4 nitrogen and oxygen atoms in total. The highest BCUT2D eigenvalue weighted by molar-refractivity contribution is 5.78. The molecule has 0 saturated heterocycles. The van der Waals surface area contributed by atoms with Crippen molar-refractivity contribution in [2.45, 2.75) is 12.5 Å². The van der Waals surface area contributed by atoms with E-state index in [2.05, 4.69) is 5.32 Å². The maximum atomic E-state index is 13.4. The molecule has 2 aromatic rings. The second-order valence-corrected chi connectivity index (χ2v) is 4.86. The summed E-state index contributed by atoms with van der Waals surface area (Å²) in [6.45, 7) is 0.0691. The van der Waals surface area contributed by atoms with Gasteiger partial charge in [-0.2, -0.15) is 0 Å². The zero-order chi connectivity index (χ0) is 15.9. The average Bonchev–Trinajstić information content (AvgIpc) is 2.55. The number of rotatable bonds is 6. The van der Waals surface area contributed by atoms with Crippen molar-refractivity contribution in [1.29, 1.82) is 0 Å². The summed E-state index contributed by atoms with van der Waals surface area (Å²) in [6.07, 6.45) is -0.877. The van der Waals surface area contributed by atoms with Crippen LogP contribution >= 0.6 is 0 Å². The summed E-state index contributed by atoms with van der Waals surface area (Å²) >= 11 is 0. The lowest BCUT2D eigenvalue weighted by molar-refractivity contribution is -0.120. The molecule has 2 rings (SSSR count). The van der Waals surface area contributed by atoms with Crippen LogP contribution in [0.3, 0.4) is 0 Å². The fraction of sp³-hybridized carbons (Fsp3) is 0.235. The number of aliphatic hydroxyl groups is 1. The van der Waals surface area contributed by atoms with Gasteiger partial charge < -0.3 is 15.2 Å².